The third-order valence-corrected chi connectivity index (χ3v) is 5.09. The Kier molecular flexibility index (Phi) is 5.30. The lowest BCUT2D eigenvalue weighted by atomic mass is 9.83. The van der Waals surface area contributed by atoms with E-state index in [1.165, 1.54) is 11.8 Å². The van der Waals surface area contributed by atoms with E-state index in [1.54, 1.807) is 0 Å². The lowest BCUT2D eigenvalue weighted by Crippen LogP contribution is -2.22. The predicted octanol–water partition coefficient (Wildman–Crippen LogP) is 4.49. The van der Waals surface area contributed by atoms with Gasteiger partial charge in [-0.1, -0.05) is 13.0 Å². The number of aryl methyl sites for hydroxylation is 1. The maximum Gasteiger partial charge on any atom is 0.158 e. The predicted molar refractivity (Wildman–Crippen MR) is 102 cm³/mol. The molecule has 0 amide bonds. The van der Waals surface area contributed by atoms with Crippen molar-refractivity contribution in [3.8, 4) is 6.07 Å². The molecule has 0 aliphatic heterocycles. The third kappa shape index (κ3) is 3.02. The highest BCUT2D eigenvalue weighted by atomic mass is 32.2. The zero-order chi connectivity index (χ0) is 17.9. The van der Waals surface area contributed by atoms with Gasteiger partial charge in [-0.2, -0.15) is 5.26 Å². The van der Waals surface area contributed by atoms with Gasteiger partial charge < -0.3 is 4.98 Å². The molecule has 0 saturated carbocycles. The summed E-state index contributed by atoms with van der Waals surface area (Å²) in [7, 11) is 0. The molecular formula is C19H21N3OS. The third-order valence-electron chi connectivity index (χ3n) is 4.20. The first kappa shape index (κ1) is 18.0. The Bertz CT molecular complexity index is 869. The van der Waals surface area contributed by atoms with E-state index in [0.717, 1.165) is 34.2 Å². The lowest BCUT2D eigenvalue weighted by molar-refractivity contribution is -0.104. The zero-order valence-corrected chi connectivity index (χ0v) is 15.3. The molecule has 1 heterocycles. The van der Waals surface area contributed by atoms with Gasteiger partial charge in [-0.05, 0) is 50.9 Å². The fraction of sp³-hybridized carbons (Fsp3) is 0.316. The van der Waals surface area contributed by atoms with E-state index in [4.69, 9.17) is 5.26 Å². The molecule has 2 rings (SSSR count). The standard InChI is InChI=1S/C19H21N3OS/c1-6-24-16(11-23)18(21-5)19(3,4)17-12(2)14-8-7-13(10-20)9-15(14)22-17/h7-9,11,22H,5-6H2,1-4H3/b18-16-. The van der Waals surface area contributed by atoms with Crippen molar-refractivity contribution in [1.29, 1.82) is 5.26 Å². The fourth-order valence-corrected chi connectivity index (χ4v) is 3.88. The van der Waals surface area contributed by atoms with Gasteiger partial charge >= 0.3 is 0 Å². The summed E-state index contributed by atoms with van der Waals surface area (Å²) in [5.74, 6) is 0.792. The van der Waals surface area contributed by atoms with Gasteiger partial charge in [0.25, 0.3) is 0 Å². The Morgan fingerprint density at radius 2 is 2.21 bits per heavy atom. The van der Waals surface area contributed by atoms with Crippen LogP contribution in [0.4, 0.5) is 0 Å². The summed E-state index contributed by atoms with van der Waals surface area (Å²) < 4.78 is 0. The van der Waals surface area contributed by atoms with Crippen LogP contribution >= 0.6 is 11.8 Å². The number of carbonyl (C=O) groups is 1. The van der Waals surface area contributed by atoms with E-state index in [0.29, 0.717) is 16.2 Å². The number of aromatic amines is 1. The number of rotatable bonds is 6. The van der Waals surface area contributed by atoms with Gasteiger partial charge in [-0.15, -0.1) is 11.8 Å². The summed E-state index contributed by atoms with van der Waals surface area (Å²) in [4.78, 5) is 19.7. The summed E-state index contributed by atoms with van der Waals surface area (Å²) in [6.45, 7) is 11.8. The van der Waals surface area contributed by atoms with Crippen LogP contribution in [-0.2, 0) is 10.2 Å². The quantitative estimate of drug-likeness (QED) is 0.479. The molecule has 0 aliphatic rings. The van der Waals surface area contributed by atoms with Gasteiger partial charge in [0, 0.05) is 22.0 Å². The second kappa shape index (κ2) is 7.06. The highest BCUT2D eigenvalue weighted by molar-refractivity contribution is 8.03. The second-order valence-electron chi connectivity index (χ2n) is 6.04. The SMILES string of the molecule is C=N/C(=C(/C=O)SCC)C(C)(C)c1[nH]c2cc(C#N)ccc2c1C. The van der Waals surface area contributed by atoms with Crippen LogP contribution in [0.5, 0.6) is 0 Å². The molecule has 124 valence electrons. The van der Waals surface area contributed by atoms with E-state index in [-0.39, 0.29) is 0 Å². The number of nitrogens with zero attached hydrogens (tertiary/aromatic N) is 2. The Hall–Kier alpha value is -2.32. The van der Waals surface area contributed by atoms with Gasteiger partial charge in [-0.3, -0.25) is 9.79 Å². The van der Waals surface area contributed by atoms with Crippen LogP contribution in [-0.4, -0.2) is 23.7 Å². The smallest absolute Gasteiger partial charge is 0.158 e. The number of aldehydes is 1. The van der Waals surface area contributed by atoms with Crippen LogP contribution in [0.25, 0.3) is 10.9 Å². The van der Waals surface area contributed by atoms with Gasteiger partial charge in [0.05, 0.1) is 22.2 Å². The molecule has 0 fully saturated rings. The number of benzene rings is 1. The average Bonchev–Trinajstić information content (AvgIpc) is 2.91. The van der Waals surface area contributed by atoms with Crippen molar-refractivity contribution >= 4 is 35.7 Å². The largest absolute Gasteiger partial charge is 0.357 e. The Balaban J connectivity index is 2.70. The minimum absolute atomic E-state index is 0.504. The van der Waals surface area contributed by atoms with Crippen molar-refractivity contribution < 1.29 is 4.79 Å². The van der Waals surface area contributed by atoms with Gasteiger partial charge in [0.15, 0.2) is 6.29 Å². The first-order valence-electron chi connectivity index (χ1n) is 7.73. The van der Waals surface area contributed by atoms with Crippen molar-refractivity contribution in [2.75, 3.05) is 5.75 Å². The number of aliphatic imine (C=N–C) groups is 1. The monoisotopic (exact) mass is 339 g/mol. The lowest BCUT2D eigenvalue weighted by Gasteiger charge is -2.26. The van der Waals surface area contributed by atoms with Crippen LogP contribution in [0.15, 0.2) is 33.8 Å². The number of fused-ring (bicyclic) bond motifs is 1. The van der Waals surface area contributed by atoms with Crippen molar-refractivity contribution in [3.63, 3.8) is 0 Å². The van der Waals surface area contributed by atoms with Crippen LogP contribution in [0.1, 0.15) is 37.6 Å². The summed E-state index contributed by atoms with van der Waals surface area (Å²) >= 11 is 1.47. The molecule has 1 aromatic carbocycles. The van der Waals surface area contributed by atoms with Crippen LogP contribution < -0.4 is 0 Å². The summed E-state index contributed by atoms with van der Waals surface area (Å²) in [5, 5.41) is 10.2. The molecule has 0 unspecified atom stereocenters. The van der Waals surface area contributed by atoms with Gasteiger partial charge in [-0.25, -0.2) is 0 Å². The molecule has 4 nitrogen and oxygen atoms in total. The first-order valence-corrected chi connectivity index (χ1v) is 8.71. The molecule has 0 atom stereocenters. The second-order valence-corrected chi connectivity index (χ2v) is 7.35. The average molecular weight is 339 g/mol. The minimum Gasteiger partial charge on any atom is -0.357 e. The van der Waals surface area contributed by atoms with E-state index >= 15 is 0 Å². The number of aromatic nitrogens is 1. The Morgan fingerprint density at radius 3 is 2.75 bits per heavy atom. The van der Waals surface area contributed by atoms with Crippen molar-refractivity contribution in [1.82, 2.24) is 4.98 Å². The molecule has 24 heavy (non-hydrogen) atoms. The van der Waals surface area contributed by atoms with Gasteiger partial charge in [0.1, 0.15) is 0 Å². The summed E-state index contributed by atoms with van der Waals surface area (Å²) in [6, 6.07) is 7.76. The molecule has 0 saturated heterocycles. The molecule has 0 spiro atoms. The Morgan fingerprint density at radius 1 is 1.50 bits per heavy atom. The summed E-state index contributed by atoms with van der Waals surface area (Å²) in [5.41, 5.74) is 3.75. The number of hydrogen-bond donors (Lipinski definition) is 1. The van der Waals surface area contributed by atoms with E-state index in [1.807, 2.05) is 45.9 Å². The maximum atomic E-state index is 11.5. The van der Waals surface area contributed by atoms with E-state index < -0.39 is 5.41 Å². The van der Waals surface area contributed by atoms with Crippen molar-refractivity contribution in [2.45, 2.75) is 33.1 Å². The number of thioether (sulfide) groups is 1. The topological polar surface area (TPSA) is 69.0 Å². The van der Waals surface area contributed by atoms with Crippen molar-refractivity contribution in [2.24, 2.45) is 4.99 Å². The fourth-order valence-electron chi connectivity index (χ4n) is 3.05. The number of carbonyl (C=O) groups excluding carboxylic acids is 1. The molecule has 0 aliphatic carbocycles. The molecule has 2 aromatic rings. The number of nitrogens with one attached hydrogen (secondary N) is 1. The number of nitriles is 1. The van der Waals surface area contributed by atoms with Crippen LogP contribution in [0.2, 0.25) is 0 Å². The number of H-pyrrole nitrogens is 1. The zero-order valence-electron chi connectivity index (χ0n) is 14.4. The highest BCUT2D eigenvalue weighted by Gasteiger charge is 2.32. The molecular weight excluding hydrogens is 318 g/mol. The summed E-state index contributed by atoms with van der Waals surface area (Å²) in [6.07, 6.45) is 0.853. The van der Waals surface area contributed by atoms with Crippen LogP contribution in [0.3, 0.4) is 0 Å². The van der Waals surface area contributed by atoms with Gasteiger partial charge in [0.2, 0.25) is 0 Å². The molecule has 1 aromatic heterocycles. The normalized spacial score (nSPS) is 12.6. The maximum absolute atomic E-state index is 11.5. The van der Waals surface area contributed by atoms with Crippen molar-refractivity contribution in [3.05, 3.63) is 45.6 Å². The first-order chi connectivity index (χ1) is 11.4. The molecule has 0 bridgehead atoms. The van der Waals surface area contributed by atoms with Crippen LogP contribution in [0, 0.1) is 18.3 Å². The van der Waals surface area contributed by atoms with E-state index in [2.05, 4.69) is 22.8 Å². The molecule has 1 N–H and O–H groups in total. The highest BCUT2D eigenvalue weighted by Crippen LogP contribution is 2.39. The number of hydrogen-bond acceptors (Lipinski definition) is 4. The van der Waals surface area contributed by atoms with E-state index in [9.17, 15) is 4.79 Å². The minimum atomic E-state index is -0.504. The number of allylic oxidation sites excluding steroid dienone is 2. The molecule has 0 radical (unpaired) electrons. The Labute approximate surface area is 146 Å². The molecule has 5 heteroatoms.